The Balaban J connectivity index is 1.74. The van der Waals surface area contributed by atoms with Crippen molar-refractivity contribution >= 4 is 5.91 Å². The summed E-state index contributed by atoms with van der Waals surface area (Å²) < 4.78 is 18.8. The fraction of sp³-hybridized carbons (Fsp3) is 0.650. The van der Waals surface area contributed by atoms with Crippen LogP contribution in [0.4, 0.5) is 4.39 Å². The average Bonchev–Trinajstić information content (AvgIpc) is 2.60. The second-order valence-electron chi connectivity index (χ2n) is 7.59. The van der Waals surface area contributed by atoms with E-state index >= 15 is 0 Å². The number of amides is 1. The number of halogens is 1. The first-order valence-electron chi connectivity index (χ1n) is 9.41. The molecule has 2 unspecified atom stereocenters. The number of carbonyl (C=O) groups excluding carboxylic acids is 1. The molecule has 1 aromatic carbocycles. The Bertz CT molecular complexity index is 565. The van der Waals surface area contributed by atoms with Crippen molar-refractivity contribution in [2.45, 2.75) is 32.9 Å². The molecule has 1 saturated heterocycles. The average molecular weight is 365 g/mol. The van der Waals surface area contributed by atoms with E-state index < -0.39 is 0 Å². The van der Waals surface area contributed by atoms with Crippen molar-refractivity contribution in [3.05, 3.63) is 35.6 Å². The number of nitrogens with one attached hydrogen (secondary N) is 1. The van der Waals surface area contributed by atoms with E-state index in [4.69, 9.17) is 4.74 Å². The van der Waals surface area contributed by atoms with Crippen LogP contribution in [0.5, 0.6) is 0 Å². The number of hydrogen-bond donors (Lipinski definition) is 1. The number of hydrogen-bond acceptors (Lipinski definition) is 4. The van der Waals surface area contributed by atoms with Crippen LogP contribution in [0.3, 0.4) is 0 Å². The normalized spacial score (nSPS) is 19.7. The molecule has 2 rings (SSSR count). The van der Waals surface area contributed by atoms with E-state index in [1.807, 2.05) is 18.9 Å². The van der Waals surface area contributed by atoms with E-state index in [0.29, 0.717) is 19.0 Å². The van der Waals surface area contributed by atoms with Crippen molar-refractivity contribution < 1.29 is 13.9 Å². The Labute approximate surface area is 156 Å². The molecular weight excluding hydrogens is 333 g/mol. The number of benzene rings is 1. The van der Waals surface area contributed by atoms with Crippen molar-refractivity contribution in [3.8, 4) is 0 Å². The van der Waals surface area contributed by atoms with Gasteiger partial charge in [0.2, 0.25) is 5.91 Å². The largest absolute Gasteiger partial charge is 0.374 e. The third-order valence-corrected chi connectivity index (χ3v) is 4.78. The molecule has 26 heavy (non-hydrogen) atoms. The molecule has 1 heterocycles. The molecule has 0 radical (unpaired) electrons. The maximum atomic E-state index is 13.0. The van der Waals surface area contributed by atoms with E-state index in [0.717, 1.165) is 31.8 Å². The molecule has 1 amide bonds. The topological polar surface area (TPSA) is 44.8 Å². The molecule has 0 spiro atoms. The van der Waals surface area contributed by atoms with Gasteiger partial charge in [0, 0.05) is 32.2 Å². The van der Waals surface area contributed by atoms with Crippen LogP contribution >= 0.6 is 0 Å². The number of likely N-dealkylation sites (N-methyl/N-ethyl adjacent to an activating group) is 1. The molecule has 1 fully saturated rings. The van der Waals surface area contributed by atoms with Gasteiger partial charge in [0.25, 0.3) is 0 Å². The number of carbonyl (C=O) groups is 1. The van der Waals surface area contributed by atoms with Crippen LogP contribution in [0.1, 0.15) is 32.4 Å². The van der Waals surface area contributed by atoms with Gasteiger partial charge in [-0.25, -0.2) is 4.39 Å². The van der Waals surface area contributed by atoms with Crippen LogP contribution < -0.4 is 5.32 Å². The second kappa shape index (κ2) is 10.00. The molecule has 1 aliphatic heterocycles. The van der Waals surface area contributed by atoms with Crippen molar-refractivity contribution in [1.29, 1.82) is 0 Å². The van der Waals surface area contributed by atoms with Gasteiger partial charge in [-0.3, -0.25) is 14.6 Å². The molecule has 5 nitrogen and oxygen atoms in total. The quantitative estimate of drug-likeness (QED) is 0.768. The van der Waals surface area contributed by atoms with Crippen molar-refractivity contribution in [2.24, 2.45) is 5.92 Å². The Morgan fingerprint density at radius 3 is 2.69 bits per heavy atom. The van der Waals surface area contributed by atoms with Crippen LogP contribution in [0.2, 0.25) is 0 Å². The highest BCUT2D eigenvalue weighted by atomic mass is 19.1. The van der Waals surface area contributed by atoms with Gasteiger partial charge in [-0.2, -0.15) is 0 Å². The standard InChI is InChI=1S/C20H32FN3O2/c1-15(2)12-24-9-10-26-19(13-24)11-22-20(25)14-23(4)16(3)17-5-7-18(21)8-6-17/h5-8,15-16,19H,9-14H2,1-4H3,(H,22,25). The first-order chi connectivity index (χ1) is 12.3. The summed E-state index contributed by atoms with van der Waals surface area (Å²) >= 11 is 0. The summed E-state index contributed by atoms with van der Waals surface area (Å²) in [5, 5.41) is 2.98. The molecule has 1 N–H and O–H groups in total. The molecule has 0 saturated carbocycles. The Morgan fingerprint density at radius 2 is 2.04 bits per heavy atom. The lowest BCUT2D eigenvalue weighted by Gasteiger charge is -2.34. The van der Waals surface area contributed by atoms with Gasteiger partial charge in [-0.15, -0.1) is 0 Å². The zero-order chi connectivity index (χ0) is 19.1. The van der Waals surface area contributed by atoms with Crippen LogP contribution in [0.25, 0.3) is 0 Å². The van der Waals surface area contributed by atoms with Crippen molar-refractivity contribution in [2.75, 3.05) is 46.4 Å². The molecule has 0 bridgehead atoms. The van der Waals surface area contributed by atoms with E-state index in [2.05, 4.69) is 24.1 Å². The lowest BCUT2D eigenvalue weighted by Crippen LogP contribution is -2.49. The van der Waals surface area contributed by atoms with Gasteiger partial charge >= 0.3 is 0 Å². The smallest absolute Gasteiger partial charge is 0.234 e. The highest BCUT2D eigenvalue weighted by Crippen LogP contribution is 2.18. The van der Waals surface area contributed by atoms with E-state index in [1.165, 1.54) is 12.1 Å². The molecule has 0 aromatic heterocycles. The minimum atomic E-state index is -0.250. The number of rotatable bonds is 8. The maximum Gasteiger partial charge on any atom is 0.234 e. The third kappa shape index (κ3) is 6.67. The highest BCUT2D eigenvalue weighted by molar-refractivity contribution is 5.78. The first-order valence-corrected chi connectivity index (χ1v) is 9.41. The van der Waals surface area contributed by atoms with Crippen molar-refractivity contribution in [3.63, 3.8) is 0 Å². The van der Waals surface area contributed by atoms with E-state index in [-0.39, 0.29) is 23.9 Å². The van der Waals surface area contributed by atoms with Crippen LogP contribution in [0, 0.1) is 11.7 Å². The molecule has 1 aliphatic rings. The summed E-state index contributed by atoms with van der Waals surface area (Å²) in [5.74, 6) is 0.358. The van der Waals surface area contributed by atoms with Gasteiger partial charge in [-0.1, -0.05) is 26.0 Å². The number of ether oxygens (including phenoxy) is 1. The molecule has 6 heteroatoms. The van der Waals surface area contributed by atoms with Crippen LogP contribution in [-0.2, 0) is 9.53 Å². The SMILES string of the molecule is CC(C)CN1CCOC(CNC(=O)CN(C)C(C)c2ccc(F)cc2)C1. The lowest BCUT2D eigenvalue weighted by atomic mass is 10.1. The zero-order valence-corrected chi connectivity index (χ0v) is 16.4. The lowest BCUT2D eigenvalue weighted by molar-refractivity contribution is -0.123. The summed E-state index contributed by atoms with van der Waals surface area (Å²) in [7, 11) is 1.90. The Kier molecular flexibility index (Phi) is 8.00. The van der Waals surface area contributed by atoms with Gasteiger partial charge in [-0.05, 0) is 37.6 Å². The summed E-state index contributed by atoms with van der Waals surface area (Å²) in [5.41, 5.74) is 0.988. The predicted octanol–water partition coefficient (Wildman–Crippen LogP) is 2.29. The number of morpholine rings is 1. The van der Waals surface area contributed by atoms with Gasteiger partial charge < -0.3 is 10.1 Å². The monoisotopic (exact) mass is 365 g/mol. The fourth-order valence-corrected chi connectivity index (χ4v) is 3.23. The zero-order valence-electron chi connectivity index (χ0n) is 16.4. The minimum Gasteiger partial charge on any atom is -0.374 e. The molecule has 2 atom stereocenters. The molecule has 146 valence electrons. The first kappa shape index (κ1) is 20.8. The van der Waals surface area contributed by atoms with E-state index in [1.54, 1.807) is 12.1 Å². The molecule has 1 aromatic rings. The van der Waals surface area contributed by atoms with Crippen molar-refractivity contribution in [1.82, 2.24) is 15.1 Å². The minimum absolute atomic E-state index is 0.0222. The predicted molar refractivity (Wildman–Crippen MR) is 101 cm³/mol. The Hall–Kier alpha value is -1.50. The molecule has 0 aliphatic carbocycles. The van der Waals surface area contributed by atoms with Gasteiger partial charge in [0.15, 0.2) is 0 Å². The third-order valence-electron chi connectivity index (χ3n) is 4.78. The molecular formula is C20H32FN3O2. The summed E-state index contributed by atoms with van der Waals surface area (Å²) in [6.45, 7) is 10.9. The highest BCUT2D eigenvalue weighted by Gasteiger charge is 2.22. The second-order valence-corrected chi connectivity index (χ2v) is 7.59. The Morgan fingerprint density at radius 1 is 1.35 bits per heavy atom. The maximum absolute atomic E-state index is 13.0. The summed E-state index contributed by atoms with van der Waals surface area (Å²) in [6, 6.07) is 6.45. The fourth-order valence-electron chi connectivity index (χ4n) is 3.23. The van der Waals surface area contributed by atoms with Crippen LogP contribution in [-0.4, -0.2) is 68.2 Å². The van der Waals surface area contributed by atoms with Crippen LogP contribution in [0.15, 0.2) is 24.3 Å². The summed E-state index contributed by atoms with van der Waals surface area (Å²) in [4.78, 5) is 16.6. The van der Waals surface area contributed by atoms with Gasteiger partial charge in [0.05, 0.1) is 19.3 Å². The van der Waals surface area contributed by atoms with E-state index in [9.17, 15) is 9.18 Å². The van der Waals surface area contributed by atoms with Gasteiger partial charge in [0.1, 0.15) is 5.82 Å². The summed E-state index contributed by atoms with van der Waals surface area (Å²) in [6.07, 6.45) is 0.0475. The number of nitrogens with zero attached hydrogens (tertiary/aromatic N) is 2.